The topological polar surface area (TPSA) is 49.7 Å². The molecule has 0 saturated carbocycles. The van der Waals surface area contributed by atoms with Gasteiger partial charge in [-0.1, -0.05) is 0 Å². The zero-order chi connectivity index (χ0) is 10.3. The van der Waals surface area contributed by atoms with Crippen molar-refractivity contribution in [2.45, 2.75) is 19.6 Å². The van der Waals surface area contributed by atoms with E-state index in [2.05, 4.69) is 0 Å². The number of hydrogen-bond acceptors (Lipinski definition) is 3. The van der Waals surface area contributed by atoms with Gasteiger partial charge in [-0.05, 0) is 30.1 Å². The summed E-state index contributed by atoms with van der Waals surface area (Å²) < 4.78 is 18.3. The van der Waals surface area contributed by atoms with Crippen molar-refractivity contribution in [3.8, 4) is 0 Å². The fourth-order valence-electron chi connectivity index (χ4n) is 1.68. The molecule has 0 radical (unpaired) electrons. The van der Waals surface area contributed by atoms with Crippen molar-refractivity contribution in [2.75, 3.05) is 0 Å². The van der Waals surface area contributed by atoms with Crippen LogP contribution in [0.4, 0.5) is 4.39 Å². The molecule has 1 atom stereocenters. The van der Waals surface area contributed by atoms with E-state index >= 15 is 0 Å². The van der Waals surface area contributed by atoms with Gasteiger partial charge >= 0.3 is 7.12 Å². The van der Waals surface area contributed by atoms with Gasteiger partial charge in [0.1, 0.15) is 5.82 Å². The molecule has 2 N–H and O–H groups in total. The van der Waals surface area contributed by atoms with Gasteiger partial charge in [0.05, 0.1) is 12.7 Å². The Morgan fingerprint density at radius 2 is 2.29 bits per heavy atom. The predicted octanol–water partition coefficient (Wildman–Crippen LogP) is 0.0967. The van der Waals surface area contributed by atoms with Crippen LogP contribution in [0, 0.1) is 5.82 Å². The van der Waals surface area contributed by atoms with E-state index in [0.717, 1.165) is 5.56 Å². The van der Waals surface area contributed by atoms with Gasteiger partial charge < -0.3 is 14.8 Å². The summed E-state index contributed by atoms with van der Waals surface area (Å²) in [6.07, 6.45) is -0.258. The van der Waals surface area contributed by atoms with E-state index in [1.54, 1.807) is 6.92 Å². The molecule has 14 heavy (non-hydrogen) atoms. The molecule has 0 fully saturated rings. The lowest BCUT2D eigenvalue weighted by molar-refractivity contribution is 0.208. The summed E-state index contributed by atoms with van der Waals surface area (Å²) in [4.78, 5) is 0. The van der Waals surface area contributed by atoms with Crippen LogP contribution in [-0.4, -0.2) is 17.2 Å². The highest BCUT2D eigenvalue weighted by Gasteiger charge is 2.33. The lowest BCUT2D eigenvalue weighted by atomic mass is 9.78. The smallest absolute Gasteiger partial charge is 0.423 e. The van der Waals surface area contributed by atoms with E-state index < -0.39 is 12.9 Å². The molecule has 74 valence electrons. The van der Waals surface area contributed by atoms with Crippen LogP contribution in [0.5, 0.6) is 0 Å². The van der Waals surface area contributed by atoms with Gasteiger partial charge in [-0.2, -0.15) is 0 Å². The first-order valence-corrected chi connectivity index (χ1v) is 4.40. The van der Waals surface area contributed by atoms with Gasteiger partial charge in [-0.15, -0.1) is 0 Å². The summed E-state index contributed by atoms with van der Waals surface area (Å²) in [5.74, 6) is -0.511. The third-order valence-electron chi connectivity index (χ3n) is 2.46. The molecule has 1 heterocycles. The number of halogens is 1. The van der Waals surface area contributed by atoms with E-state index in [9.17, 15) is 9.41 Å². The fraction of sp³-hybridized carbons (Fsp3) is 0.333. The van der Waals surface area contributed by atoms with Crippen molar-refractivity contribution in [3.63, 3.8) is 0 Å². The molecular formula is C9H10BFO3. The maximum Gasteiger partial charge on any atom is 0.492 e. The Morgan fingerprint density at radius 1 is 1.57 bits per heavy atom. The van der Waals surface area contributed by atoms with Crippen LogP contribution in [0.3, 0.4) is 0 Å². The first kappa shape index (κ1) is 9.64. The third kappa shape index (κ3) is 1.34. The molecular weight excluding hydrogens is 186 g/mol. The minimum atomic E-state index is -1.05. The second kappa shape index (κ2) is 3.35. The standard InChI is InChI=1S/C9H10BFO3/c1-5-7-2-6(4-12)9(11)3-8(7)10(13)14-5/h2-3,5,12-13H,4H2,1H3. The van der Waals surface area contributed by atoms with Crippen molar-refractivity contribution < 1.29 is 19.2 Å². The predicted molar refractivity (Wildman–Crippen MR) is 49.4 cm³/mol. The van der Waals surface area contributed by atoms with Crippen LogP contribution in [-0.2, 0) is 11.3 Å². The lowest BCUT2D eigenvalue weighted by Gasteiger charge is -2.06. The molecule has 0 spiro atoms. The minimum absolute atomic E-state index is 0.230. The Kier molecular flexibility index (Phi) is 2.30. The lowest BCUT2D eigenvalue weighted by Crippen LogP contribution is -2.28. The zero-order valence-corrected chi connectivity index (χ0v) is 7.70. The van der Waals surface area contributed by atoms with Crippen LogP contribution in [0.1, 0.15) is 24.2 Å². The molecule has 0 saturated heterocycles. The summed E-state index contributed by atoms with van der Waals surface area (Å²) in [5.41, 5.74) is 1.42. The Labute approximate surface area is 81.3 Å². The molecule has 0 aromatic heterocycles. The summed E-state index contributed by atoms with van der Waals surface area (Å²) >= 11 is 0. The van der Waals surface area contributed by atoms with Crippen molar-refractivity contribution in [2.24, 2.45) is 0 Å². The maximum absolute atomic E-state index is 13.2. The van der Waals surface area contributed by atoms with Crippen LogP contribution in [0.15, 0.2) is 12.1 Å². The summed E-state index contributed by atoms with van der Waals surface area (Å²) in [5, 5.41) is 18.2. The molecule has 5 heteroatoms. The molecule has 1 aliphatic rings. The molecule has 1 aromatic rings. The second-order valence-electron chi connectivity index (χ2n) is 3.36. The number of aliphatic hydroxyl groups is 1. The summed E-state index contributed by atoms with van der Waals surface area (Å²) in [6.45, 7) is 1.43. The monoisotopic (exact) mass is 196 g/mol. The highest BCUT2D eigenvalue weighted by Crippen LogP contribution is 2.24. The quantitative estimate of drug-likeness (QED) is 0.626. The Balaban J connectivity index is 2.54. The van der Waals surface area contributed by atoms with Gasteiger partial charge in [-0.3, -0.25) is 0 Å². The van der Waals surface area contributed by atoms with Crippen LogP contribution in [0.2, 0.25) is 0 Å². The number of benzene rings is 1. The number of fused-ring (bicyclic) bond motifs is 1. The molecule has 0 bridgehead atoms. The molecule has 0 aliphatic carbocycles. The number of hydrogen-bond donors (Lipinski definition) is 2. The van der Waals surface area contributed by atoms with E-state index in [4.69, 9.17) is 9.76 Å². The first-order valence-electron chi connectivity index (χ1n) is 4.40. The maximum atomic E-state index is 13.2. The molecule has 1 unspecified atom stereocenters. The van der Waals surface area contributed by atoms with Gasteiger partial charge in [0.2, 0.25) is 0 Å². The highest BCUT2D eigenvalue weighted by molar-refractivity contribution is 6.61. The van der Waals surface area contributed by atoms with Gasteiger partial charge in [0.15, 0.2) is 0 Å². The van der Waals surface area contributed by atoms with E-state index in [1.807, 2.05) is 0 Å². The first-order chi connectivity index (χ1) is 6.63. The third-order valence-corrected chi connectivity index (χ3v) is 2.46. The Morgan fingerprint density at radius 3 is 2.93 bits per heavy atom. The van der Waals surface area contributed by atoms with Gasteiger partial charge in [-0.25, -0.2) is 4.39 Å². The van der Waals surface area contributed by atoms with Crippen LogP contribution >= 0.6 is 0 Å². The van der Waals surface area contributed by atoms with Crippen LogP contribution < -0.4 is 5.46 Å². The molecule has 2 rings (SSSR count). The van der Waals surface area contributed by atoms with Gasteiger partial charge in [0.25, 0.3) is 0 Å². The van der Waals surface area contributed by atoms with Crippen LogP contribution in [0.25, 0.3) is 0 Å². The largest absolute Gasteiger partial charge is 0.492 e. The molecule has 0 amide bonds. The molecule has 1 aliphatic heterocycles. The SMILES string of the molecule is CC1OB(O)c2cc(F)c(CO)cc21. The van der Waals surface area contributed by atoms with E-state index in [-0.39, 0.29) is 18.3 Å². The average Bonchev–Trinajstić information content (AvgIpc) is 2.41. The van der Waals surface area contributed by atoms with E-state index in [1.165, 1.54) is 12.1 Å². The van der Waals surface area contributed by atoms with Crippen molar-refractivity contribution >= 4 is 12.6 Å². The average molecular weight is 196 g/mol. The van der Waals surface area contributed by atoms with E-state index in [0.29, 0.717) is 5.46 Å². The normalized spacial score (nSPS) is 20.0. The van der Waals surface area contributed by atoms with Gasteiger partial charge in [0, 0.05) is 5.56 Å². The highest BCUT2D eigenvalue weighted by atomic mass is 19.1. The summed E-state index contributed by atoms with van der Waals surface area (Å²) in [7, 11) is -1.05. The summed E-state index contributed by atoms with van der Waals surface area (Å²) in [6, 6.07) is 2.75. The Hall–Kier alpha value is -0.905. The van der Waals surface area contributed by atoms with Crippen molar-refractivity contribution in [3.05, 3.63) is 29.1 Å². The molecule has 3 nitrogen and oxygen atoms in total. The zero-order valence-electron chi connectivity index (χ0n) is 7.70. The number of rotatable bonds is 1. The number of aliphatic hydroxyl groups excluding tert-OH is 1. The second-order valence-corrected chi connectivity index (χ2v) is 3.36. The Bertz CT molecular complexity index is 369. The van der Waals surface area contributed by atoms with Crippen molar-refractivity contribution in [1.82, 2.24) is 0 Å². The fourth-order valence-corrected chi connectivity index (χ4v) is 1.68. The molecule has 1 aromatic carbocycles. The van der Waals surface area contributed by atoms with Crippen molar-refractivity contribution in [1.29, 1.82) is 0 Å². The minimum Gasteiger partial charge on any atom is -0.423 e.